The van der Waals surface area contributed by atoms with Crippen LogP contribution in [0.25, 0.3) is 0 Å². The third kappa shape index (κ3) is 2.45. The molecular formula is C10H12BrNO2. The normalized spacial score (nSPS) is 21.1. The number of hydrogen-bond acceptors (Lipinski definition) is 3. The molecule has 1 saturated heterocycles. The smallest absolute Gasteiger partial charge is 0.214 e. The van der Waals surface area contributed by atoms with Gasteiger partial charge in [0, 0.05) is 22.7 Å². The van der Waals surface area contributed by atoms with Crippen molar-refractivity contribution in [3.05, 3.63) is 22.3 Å². The minimum atomic E-state index is 0.163. The molecule has 0 aliphatic carbocycles. The summed E-state index contributed by atoms with van der Waals surface area (Å²) in [6, 6.07) is 3.84. The molecule has 0 spiro atoms. The van der Waals surface area contributed by atoms with Crippen LogP contribution < -0.4 is 4.74 Å². The van der Waals surface area contributed by atoms with E-state index in [9.17, 15) is 0 Å². The molecule has 1 atom stereocenters. The van der Waals surface area contributed by atoms with E-state index in [2.05, 4.69) is 20.9 Å². The maximum Gasteiger partial charge on any atom is 0.214 e. The first kappa shape index (κ1) is 9.93. The lowest BCUT2D eigenvalue weighted by Crippen LogP contribution is -2.16. The lowest BCUT2D eigenvalue weighted by molar-refractivity contribution is 0.138. The molecule has 1 aliphatic heterocycles. The molecule has 1 aromatic heterocycles. The van der Waals surface area contributed by atoms with Crippen molar-refractivity contribution in [2.24, 2.45) is 0 Å². The molecule has 0 amide bonds. The van der Waals surface area contributed by atoms with Crippen molar-refractivity contribution in [3.63, 3.8) is 0 Å². The highest BCUT2D eigenvalue weighted by Crippen LogP contribution is 2.20. The van der Waals surface area contributed by atoms with Crippen LogP contribution in [0.4, 0.5) is 0 Å². The Morgan fingerprint density at radius 3 is 3.07 bits per heavy atom. The topological polar surface area (TPSA) is 31.4 Å². The molecule has 0 N–H and O–H groups in total. The SMILES string of the molecule is Cc1cc(Br)cc(OC2CCOC2)n1. The van der Waals surface area contributed by atoms with Gasteiger partial charge in [0.1, 0.15) is 6.10 Å². The van der Waals surface area contributed by atoms with Gasteiger partial charge in [0.15, 0.2) is 0 Å². The Morgan fingerprint density at radius 1 is 1.57 bits per heavy atom. The summed E-state index contributed by atoms with van der Waals surface area (Å²) in [5.41, 5.74) is 0.952. The quantitative estimate of drug-likeness (QED) is 0.815. The second-order valence-corrected chi connectivity index (χ2v) is 4.28. The maximum atomic E-state index is 5.67. The van der Waals surface area contributed by atoms with Crippen LogP contribution in [0.2, 0.25) is 0 Å². The average Bonchev–Trinajstić information content (AvgIpc) is 2.54. The summed E-state index contributed by atoms with van der Waals surface area (Å²) < 4.78 is 11.9. The Labute approximate surface area is 91.6 Å². The highest BCUT2D eigenvalue weighted by molar-refractivity contribution is 9.10. The van der Waals surface area contributed by atoms with Crippen LogP contribution in [0.1, 0.15) is 12.1 Å². The number of rotatable bonds is 2. The molecule has 1 unspecified atom stereocenters. The fourth-order valence-electron chi connectivity index (χ4n) is 1.43. The highest BCUT2D eigenvalue weighted by Gasteiger charge is 2.17. The second-order valence-electron chi connectivity index (χ2n) is 3.37. The van der Waals surface area contributed by atoms with Gasteiger partial charge in [-0.05, 0) is 13.0 Å². The molecule has 0 aromatic carbocycles. The van der Waals surface area contributed by atoms with Crippen molar-refractivity contribution < 1.29 is 9.47 Å². The van der Waals surface area contributed by atoms with Crippen LogP contribution in [0.15, 0.2) is 16.6 Å². The fourth-order valence-corrected chi connectivity index (χ4v) is 1.96. The van der Waals surface area contributed by atoms with Gasteiger partial charge in [-0.3, -0.25) is 0 Å². The van der Waals surface area contributed by atoms with Gasteiger partial charge in [-0.1, -0.05) is 15.9 Å². The molecular weight excluding hydrogens is 246 g/mol. The van der Waals surface area contributed by atoms with E-state index in [0.717, 1.165) is 23.2 Å². The first-order valence-electron chi connectivity index (χ1n) is 4.62. The first-order valence-corrected chi connectivity index (χ1v) is 5.42. The van der Waals surface area contributed by atoms with Crippen molar-refractivity contribution in [2.45, 2.75) is 19.4 Å². The zero-order chi connectivity index (χ0) is 9.97. The molecule has 0 bridgehead atoms. The van der Waals surface area contributed by atoms with Crippen LogP contribution in [-0.2, 0) is 4.74 Å². The van der Waals surface area contributed by atoms with Gasteiger partial charge in [0.25, 0.3) is 0 Å². The molecule has 1 aliphatic rings. The van der Waals surface area contributed by atoms with Gasteiger partial charge >= 0.3 is 0 Å². The number of aryl methyl sites for hydroxylation is 1. The monoisotopic (exact) mass is 257 g/mol. The Morgan fingerprint density at radius 2 is 2.43 bits per heavy atom. The van der Waals surface area contributed by atoms with Crippen molar-refractivity contribution in [1.29, 1.82) is 0 Å². The molecule has 1 aromatic rings. The Balaban J connectivity index is 2.07. The number of nitrogens with zero attached hydrogens (tertiary/aromatic N) is 1. The van der Waals surface area contributed by atoms with Gasteiger partial charge < -0.3 is 9.47 Å². The van der Waals surface area contributed by atoms with E-state index in [4.69, 9.17) is 9.47 Å². The van der Waals surface area contributed by atoms with Gasteiger partial charge in [-0.15, -0.1) is 0 Å². The van der Waals surface area contributed by atoms with E-state index in [1.807, 2.05) is 19.1 Å². The van der Waals surface area contributed by atoms with Gasteiger partial charge in [0.2, 0.25) is 5.88 Å². The van der Waals surface area contributed by atoms with Crippen molar-refractivity contribution in [3.8, 4) is 5.88 Å². The number of hydrogen-bond donors (Lipinski definition) is 0. The predicted octanol–water partition coefficient (Wildman–Crippen LogP) is 2.32. The summed E-state index contributed by atoms with van der Waals surface area (Å²) in [7, 11) is 0. The van der Waals surface area contributed by atoms with Crippen molar-refractivity contribution in [2.75, 3.05) is 13.2 Å². The van der Waals surface area contributed by atoms with Crippen LogP contribution in [0, 0.1) is 6.92 Å². The zero-order valence-corrected chi connectivity index (χ0v) is 9.58. The standard InChI is InChI=1S/C10H12BrNO2/c1-7-4-8(11)5-10(12-7)14-9-2-3-13-6-9/h4-5,9H,2-3,6H2,1H3. The summed E-state index contributed by atoms with van der Waals surface area (Å²) in [5, 5.41) is 0. The largest absolute Gasteiger partial charge is 0.472 e. The molecule has 4 heteroatoms. The molecule has 0 radical (unpaired) electrons. The lowest BCUT2D eigenvalue weighted by Gasteiger charge is -2.11. The molecule has 2 heterocycles. The Kier molecular flexibility index (Phi) is 3.03. The summed E-state index contributed by atoms with van der Waals surface area (Å²) in [6.07, 6.45) is 1.11. The Bertz CT molecular complexity index is 304. The molecule has 2 rings (SSSR count). The minimum Gasteiger partial charge on any atom is -0.472 e. The zero-order valence-electron chi connectivity index (χ0n) is 8.00. The van der Waals surface area contributed by atoms with E-state index < -0.39 is 0 Å². The molecule has 1 fully saturated rings. The molecule has 3 nitrogen and oxygen atoms in total. The van der Waals surface area contributed by atoms with Crippen LogP contribution >= 0.6 is 15.9 Å². The molecule has 0 saturated carbocycles. The number of pyridine rings is 1. The highest BCUT2D eigenvalue weighted by atomic mass is 79.9. The molecule has 76 valence electrons. The minimum absolute atomic E-state index is 0.163. The van der Waals surface area contributed by atoms with Crippen LogP contribution in [-0.4, -0.2) is 24.3 Å². The van der Waals surface area contributed by atoms with Crippen molar-refractivity contribution in [1.82, 2.24) is 4.98 Å². The number of ether oxygens (including phenoxy) is 2. The van der Waals surface area contributed by atoms with E-state index in [1.54, 1.807) is 0 Å². The first-order chi connectivity index (χ1) is 6.74. The number of aromatic nitrogens is 1. The van der Waals surface area contributed by atoms with Crippen LogP contribution in [0.3, 0.4) is 0 Å². The second kappa shape index (κ2) is 4.28. The van der Waals surface area contributed by atoms with E-state index in [1.165, 1.54) is 0 Å². The van der Waals surface area contributed by atoms with E-state index >= 15 is 0 Å². The van der Waals surface area contributed by atoms with E-state index in [-0.39, 0.29) is 6.10 Å². The summed E-state index contributed by atoms with van der Waals surface area (Å²) >= 11 is 3.41. The predicted molar refractivity (Wildman–Crippen MR) is 56.5 cm³/mol. The van der Waals surface area contributed by atoms with Gasteiger partial charge in [-0.25, -0.2) is 4.98 Å². The third-order valence-electron chi connectivity index (χ3n) is 2.07. The Hall–Kier alpha value is -0.610. The van der Waals surface area contributed by atoms with E-state index in [0.29, 0.717) is 12.5 Å². The summed E-state index contributed by atoms with van der Waals surface area (Å²) in [4.78, 5) is 4.29. The molecule has 14 heavy (non-hydrogen) atoms. The summed E-state index contributed by atoms with van der Waals surface area (Å²) in [5.74, 6) is 0.673. The van der Waals surface area contributed by atoms with Crippen molar-refractivity contribution >= 4 is 15.9 Å². The lowest BCUT2D eigenvalue weighted by atomic mass is 10.3. The number of halogens is 1. The third-order valence-corrected chi connectivity index (χ3v) is 2.53. The van der Waals surface area contributed by atoms with Gasteiger partial charge in [-0.2, -0.15) is 0 Å². The fraction of sp³-hybridized carbons (Fsp3) is 0.500. The average molecular weight is 258 g/mol. The van der Waals surface area contributed by atoms with Crippen LogP contribution in [0.5, 0.6) is 5.88 Å². The van der Waals surface area contributed by atoms with Gasteiger partial charge in [0.05, 0.1) is 13.2 Å². The maximum absolute atomic E-state index is 5.67. The summed E-state index contributed by atoms with van der Waals surface area (Å²) in [6.45, 7) is 3.41.